The molecular formula is C68H102F2I2N4Se2. The molecular weight excluding hydrogens is 1320 g/mol. The molecule has 2 heterocycles. The summed E-state index contributed by atoms with van der Waals surface area (Å²) in [5.74, 6) is -0.318. The van der Waals surface area contributed by atoms with E-state index in [-0.39, 0.29) is 41.6 Å². The van der Waals surface area contributed by atoms with E-state index in [2.05, 4.69) is 85.0 Å². The minimum Gasteiger partial charge on any atom is -0.0654 e. The van der Waals surface area contributed by atoms with Crippen LogP contribution in [0.25, 0.3) is 44.3 Å². The average Bonchev–Trinajstić information content (AvgIpc) is 4.37. The summed E-state index contributed by atoms with van der Waals surface area (Å²) in [5, 5.41) is 0. The topological polar surface area (TPSA) is 51.6 Å². The van der Waals surface area contributed by atoms with Crippen LogP contribution >= 0.6 is 45.2 Å². The first kappa shape index (κ1) is 64.8. The van der Waals surface area contributed by atoms with Gasteiger partial charge in [-0.15, -0.1) is 0 Å². The van der Waals surface area contributed by atoms with Gasteiger partial charge in [0, 0.05) is 0 Å². The van der Waals surface area contributed by atoms with Crippen LogP contribution in [0.1, 0.15) is 332 Å². The molecule has 7 rings (SSSR count). The molecule has 0 spiro atoms. The van der Waals surface area contributed by atoms with Gasteiger partial charge in [-0.1, -0.05) is 130 Å². The molecule has 4 nitrogen and oxygen atoms in total. The van der Waals surface area contributed by atoms with Gasteiger partial charge < -0.3 is 0 Å². The number of rotatable bonds is 44. The molecule has 0 unspecified atom stereocenters. The third kappa shape index (κ3) is 16.3. The van der Waals surface area contributed by atoms with Gasteiger partial charge in [-0.05, 0) is 0 Å². The minimum atomic E-state index is -0.651. The Morgan fingerprint density at radius 3 is 0.782 bits per heavy atom. The summed E-state index contributed by atoms with van der Waals surface area (Å²) in [4.78, 5) is 0. The Labute approximate surface area is 513 Å². The maximum atomic E-state index is 19.8. The molecule has 5 aromatic rings. The van der Waals surface area contributed by atoms with E-state index < -0.39 is 10.8 Å². The van der Waals surface area contributed by atoms with Crippen molar-refractivity contribution in [1.29, 1.82) is 0 Å². The van der Waals surface area contributed by atoms with Gasteiger partial charge in [0.2, 0.25) is 0 Å². The van der Waals surface area contributed by atoms with Crippen molar-refractivity contribution in [3.63, 3.8) is 0 Å². The zero-order valence-electron chi connectivity index (χ0n) is 49.4. The van der Waals surface area contributed by atoms with Gasteiger partial charge in [0.05, 0.1) is 0 Å². The van der Waals surface area contributed by atoms with Crippen LogP contribution in [0.15, 0.2) is 12.1 Å². The van der Waals surface area contributed by atoms with Crippen LogP contribution in [0.2, 0.25) is 0 Å². The number of nitrogens with zero attached hydrogens (tertiary/aromatic N) is 4. The molecule has 0 radical (unpaired) electrons. The fraction of sp³-hybridized carbons (Fsp3) is 0.735. The van der Waals surface area contributed by atoms with E-state index in [9.17, 15) is 0 Å². The Bertz CT molecular complexity index is 2330. The fourth-order valence-corrected chi connectivity index (χ4v) is 18.8. The molecule has 2 aromatic heterocycles. The molecule has 10 heteroatoms. The van der Waals surface area contributed by atoms with E-state index in [0.717, 1.165) is 129 Å². The van der Waals surface area contributed by atoms with Gasteiger partial charge in [-0.25, -0.2) is 0 Å². The van der Waals surface area contributed by atoms with Gasteiger partial charge in [-0.3, -0.25) is 0 Å². The zero-order chi connectivity index (χ0) is 55.0. The maximum absolute atomic E-state index is 19.8. The van der Waals surface area contributed by atoms with Gasteiger partial charge in [-0.2, -0.15) is 0 Å². The second kappa shape index (κ2) is 34.9. The van der Waals surface area contributed by atoms with Crippen LogP contribution in [0, 0.1) is 18.8 Å². The number of unbranched alkanes of at least 4 members (excludes halogenated alkanes) is 36. The molecule has 434 valence electrons. The summed E-state index contributed by atoms with van der Waals surface area (Å²) in [6.07, 6.45) is 53.4. The first-order valence-electron chi connectivity index (χ1n) is 32.8. The zero-order valence-corrected chi connectivity index (χ0v) is 57.1. The summed E-state index contributed by atoms with van der Waals surface area (Å²) in [6.45, 7) is 9.18. The normalized spacial score (nSPS) is 14.1. The van der Waals surface area contributed by atoms with Crippen LogP contribution in [0.4, 0.5) is 8.78 Å². The molecule has 0 bridgehead atoms. The smallest absolute Gasteiger partial charge is 0.0654 e. The monoisotopic (exact) mass is 1430 g/mol. The van der Waals surface area contributed by atoms with Gasteiger partial charge >= 0.3 is 388 Å². The van der Waals surface area contributed by atoms with E-state index in [1.54, 1.807) is 0 Å². The summed E-state index contributed by atoms with van der Waals surface area (Å²) in [6, 6.07) is 4.66. The van der Waals surface area contributed by atoms with Crippen molar-refractivity contribution in [2.45, 2.75) is 321 Å². The second-order valence-corrected chi connectivity index (χ2v) is 29.0. The van der Waals surface area contributed by atoms with Crippen LogP contribution in [-0.4, -0.2) is 45.8 Å². The molecule has 0 atom stereocenters. The SMILES string of the molecule is CCCCCCCCCCCCC1(CCCCCCCCCCCC)c2cc(I)c3n[se]nc3c2-c2c(F)c3c(c(F)c21)-c1c(cc(I)c2n[se]nc12)C3(CCCCCCCCCCCC)CCCCCCCCCCCC. The van der Waals surface area contributed by atoms with E-state index in [4.69, 9.17) is 15.9 Å². The molecule has 0 saturated heterocycles. The Morgan fingerprint density at radius 2 is 0.538 bits per heavy atom. The minimum absolute atomic E-state index is 0.159. The molecule has 2 aliphatic rings. The number of aromatic nitrogens is 4. The van der Waals surface area contributed by atoms with E-state index in [1.807, 2.05) is 0 Å². The first-order chi connectivity index (χ1) is 38.3. The predicted octanol–water partition coefficient (Wildman–Crippen LogP) is 23.0. The predicted molar refractivity (Wildman–Crippen MR) is 350 cm³/mol. The Kier molecular flexibility index (Phi) is 29.0. The van der Waals surface area contributed by atoms with Crippen molar-refractivity contribution in [3.05, 3.63) is 53.2 Å². The summed E-state index contributed by atoms with van der Waals surface area (Å²) < 4.78 is 62.1. The van der Waals surface area contributed by atoms with Crippen molar-refractivity contribution < 1.29 is 8.78 Å². The average molecular weight is 1430 g/mol. The number of hydrogen-bond acceptors (Lipinski definition) is 4. The van der Waals surface area contributed by atoms with E-state index in [1.165, 1.54) is 205 Å². The van der Waals surface area contributed by atoms with Gasteiger partial charge in [0.1, 0.15) is 0 Å². The first-order valence-corrected chi connectivity index (χ1v) is 38.0. The van der Waals surface area contributed by atoms with E-state index >= 15 is 8.78 Å². The van der Waals surface area contributed by atoms with Crippen molar-refractivity contribution >= 4 is 97.2 Å². The van der Waals surface area contributed by atoms with Crippen LogP contribution in [0.5, 0.6) is 0 Å². The van der Waals surface area contributed by atoms with Crippen LogP contribution in [-0.2, 0) is 10.8 Å². The third-order valence-electron chi connectivity index (χ3n) is 18.7. The van der Waals surface area contributed by atoms with E-state index in [0.29, 0.717) is 22.3 Å². The molecule has 0 N–H and O–H groups in total. The molecule has 78 heavy (non-hydrogen) atoms. The quantitative estimate of drug-likeness (QED) is 0.0222. The Balaban J connectivity index is 1.30. The number of hydrogen-bond donors (Lipinski definition) is 0. The summed E-state index contributed by atoms with van der Waals surface area (Å²) in [7, 11) is 0. The molecule has 2 aliphatic carbocycles. The van der Waals surface area contributed by atoms with Crippen molar-refractivity contribution in [1.82, 2.24) is 15.9 Å². The molecule has 3 aromatic carbocycles. The number of fused-ring (bicyclic) bond motifs is 10. The van der Waals surface area contributed by atoms with Gasteiger partial charge in [0.25, 0.3) is 0 Å². The fourth-order valence-electron chi connectivity index (χ4n) is 14.3. The number of halogens is 4. The molecule has 0 saturated carbocycles. The molecule has 0 aliphatic heterocycles. The second-order valence-electron chi connectivity index (χ2n) is 24.5. The van der Waals surface area contributed by atoms with Crippen molar-refractivity contribution in [2.75, 3.05) is 0 Å². The van der Waals surface area contributed by atoms with Crippen LogP contribution in [0.3, 0.4) is 0 Å². The van der Waals surface area contributed by atoms with Crippen molar-refractivity contribution in [2.24, 2.45) is 0 Å². The van der Waals surface area contributed by atoms with Crippen LogP contribution < -0.4 is 0 Å². The Morgan fingerprint density at radius 1 is 0.321 bits per heavy atom. The molecule has 0 fully saturated rings. The summed E-state index contributed by atoms with van der Waals surface area (Å²) in [5.41, 5.74) is 8.58. The third-order valence-corrected chi connectivity index (χ3v) is 22.5. The van der Waals surface area contributed by atoms with Crippen molar-refractivity contribution in [3.8, 4) is 22.3 Å². The molecule has 0 amide bonds. The van der Waals surface area contributed by atoms with Gasteiger partial charge in [0.15, 0.2) is 0 Å². The Hall–Kier alpha value is -0.781. The standard InChI is InChI=1S/C68H102F2I2N4Se2/c1-5-9-13-17-21-25-29-33-37-41-45-67(46-42-38-34-30-26-22-18-14-10-6-2)51-49-53(71)63-65(75-77-73-63)55(51)57-59(67)61(69)58-56-52(50-54(72)64-66(56)76-78-74-64)68(60(58)62(57)70,47-43-39-35-31-27-23-19-15-11-7-3)48-44-40-36-32-28-24-20-16-12-8-4/h49-50H,5-48H2,1-4H3. The number of benzene rings is 3. The summed E-state index contributed by atoms with van der Waals surface area (Å²) >= 11 is 4.33.